The molecule has 0 aliphatic rings. The van der Waals surface area contributed by atoms with Gasteiger partial charge < -0.3 is 4.90 Å². The Morgan fingerprint density at radius 3 is 1.97 bits per heavy atom. The summed E-state index contributed by atoms with van der Waals surface area (Å²) in [5.41, 5.74) is 4.65. The van der Waals surface area contributed by atoms with Crippen molar-refractivity contribution in [3.63, 3.8) is 0 Å². The van der Waals surface area contributed by atoms with Gasteiger partial charge in [0.2, 0.25) is 0 Å². The molecule has 37 heavy (non-hydrogen) atoms. The quantitative estimate of drug-likeness (QED) is 0.231. The summed E-state index contributed by atoms with van der Waals surface area (Å²) in [6, 6.07) is 20.4. The monoisotopic (exact) mass is 541 g/mol. The molecule has 3 aromatic rings. The van der Waals surface area contributed by atoms with Crippen LogP contribution in [0.15, 0.2) is 107 Å². The van der Waals surface area contributed by atoms with Crippen molar-refractivity contribution in [1.29, 1.82) is 0 Å². The van der Waals surface area contributed by atoms with Crippen LogP contribution in [0.25, 0.3) is 0 Å². The van der Waals surface area contributed by atoms with Gasteiger partial charge in [0.05, 0.1) is 9.79 Å². The van der Waals surface area contributed by atoms with E-state index in [9.17, 15) is 25.9 Å². The van der Waals surface area contributed by atoms with Gasteiger partial charge in [-0.1, -0.05) is 54.1 Å². The Balaban J connectivity index is 1.93. The normalized spacial score (nSPS) is 13.2. The Morgan fingerprint density at radius 1 is 0.892 bits per heavy atom. The molecule has 1 unspecified atom stereocenters. The molecule has 1 atom stereocenters. The van der Waals surface area contributed by atoms with Gasteiger partial charge in [0.25, 0.3) is 20.2 Å². The number of hydrogen-bond acceptors (Lipinski definition) is 5. The van der Waals surface area contributed by atoms with E-state index in [0.717, 1.165) is 28.0 Å². The molecule has 0 fully saturated rings. The zero-order chi connectivity index (χ0) is 27.2. The first-order valence-electron chi connectivity index (χ1n) is 11.7. The van der Waals surface area contributed by atoms with Crippen LogP contribution in [-0.2, 0) is 26.8 Å². The Hall–Kier alpha value is -3.24. The van der Waals surface area contributed by atoms with Crippen molar-refractivity contribution >= 4 is 25.9 Å². The minimum absolute atomic E-state index is 0.133. The van der Waals surface area contributed by atoms with Crippen LogP contribution in [0, 0.1) is 0 Å². The van der Waals surface area contributed by atoms with E-state index in [1.165, 1.54) is 24.3 Å². The number of benzene rings is 3. The summed E-state index contributed by atoms with van der Waals surface area (Å²) in [5.74, 6) is -0.133. The van der Waals surface area contributed by atoms with Gasteiger partial charge in [0.1, 0.15) is 0 Å². The van der Waals surface area contributed by atoms with E-state index in [1.54, 1.807) is 24.3 Å². The highest BCUT2D eigenvalue weighted by Crippen LogP contribution is 2.34. The van der Waals surface area contributed by atoms with Crippen LogP contribution >= 0.6 is 0 Å². The summed E-state index contributed by atoms with van der Waals surface area (Å²) in [5, 5.41) is 0. The second-order valence-electron chi connectivity index (χ2n) is 8.68. The van der Waals surface area contributed by atoms with Gasteiger partial charge in [0, 0.05) is 24.7 Å². The molecule has 9 heteroatoms. The molecule has 196 valence electrons. The number of allylic oxidation sites excluding steroid dienone is 3. The highest BCUT2D eigenvalue weighted by atomic mass is 32.2. The molecule has 3 aromatic carbocycles. The minimum atomic E-state index is -4.28. The van der Waals surface area contributed by atoms with Crippen LogP contribution in [0.3, 0.4) is 0 Å². The van der Waals surface area contributed by atoms with Crippen molar-refractivity contribution < 1.29 is 25.9 Å². The molecular weight excluding hydrogens is 510 g/mol. The average molecular weight is 542 g/mol. The van der Waals surface area contributed by atoms with Gasteiger partial charge in [-0.15, -0.1) is 6.58 Å². The van der Waals surface area contributed by atoms with E-state index in [-0.39, 0.29) is 15.7 Å². The average Bonchev–Trinajstić information content (AvgIpc) is 2.86. The van der Waals surface area contributed by atoms with Gasteiger partial charge in [-0.3, -0.25) is 9.11 Å². The number of nitrogens with zero attached hydrogens (tertiary/aromatic N) is 1. The largest absolute Gasteiger partial charge is 0.367 e. The molecular formula is C28H31NO6S2. The first-order chi connectivity index (χ1) is 17.4. The van der Waals surface area contributed by atoms with Crippen LogP contribution in [0.2, 0.25) is 0 Å². The summed E-state index contributed by atoms with van der Waals surface area (Å²) in [7, 11) is -8.56. The lowest BCUT2D eigenvalue weighted by atomic mass is 9.85. The number of hydrogen-bond donors (Lipinski definition) is 2. The summed E-state index contributed by atoms with van der Waals surface area (Å²) in [6.07, 6.45) is 4.57. The lowest BCUT2D eigenvalue weighted by molar-refractivity contribution is 0.481. The predicted molar refractivity (Wildman–Crippen MR) is 146 cm³/mol. The second kappa shape index (κ2) is 11.9. The molecule has 0 saturated heterocycles. The van der Waals surface area contributed by atoms with Crippen molar-refractivity contribution in [3.05, 3.63) is 114 Å². The maximum Gasteiger partial charge on any atom is 0.294 e. The molecule has 7 nitrogen and oxygen atoms in total. The molecule has 0 bridgehead atoms. The fourth-order valence-corrected chi connectivity index (χ4v) is 5.26. The van der Waals surface area contributed by atoms with Crippen LogP contribution in [0.5, 0.6) is 0 Å². The van der Waals surface area contributed by atoms with Crippen molar-refractivity contribution in [2.45, 2.75) is 42.5 Å². The highest BCUT2D eigenvalue weighted by Gasteiger charge is 2.19. The molecule has 0 heterocycles. The zero-order valence-corrected chi connectivity index (χ0v) is 22.4. The van der Waals surface area contributed by atoms with Gasteiger partial charge >= 0.3 is 0 Å². The molecule has 0 amide bonds. The lowest BCUT2D eigenvalue weighted by Crippen LogP contribution is -2.22. The number of rotatable bonds is 11. The minimum Gasteiger partial charge on any atom is -0.367 e. The molecule has 0 saturated carbocycles. The van der Waals surface area contributed by atoms with Gasteiger partial charge in [0.15, 0.2) is 0 Å². The second-order valence-corrected chi connectivity index (χ2v) is 11.5. The van der Waals surface area contributed by atoms with Crippen LogP contribution in [0.4, 0.5) is 5.69 Å². The van der Waals surface area contributed by atoms with Gasteiger partial charge in [-0.25, -0.2) is 0 Å². The van der Waals surface area contributed by atoms with Crippen LogP contribution in [0.1, 0.15) is 42.9 Å². The first-order valence-corrected chi connectivity index (χ1v) is 14.6. The summed E-state index contributed by atoms with van der Waals surface area (Å²) in [6.45, 7) is 8.92. The summed E-state index contributed by atoms with van der Waals surface area (Å²) < 4.78 is 64.7. The van der Waals surface area contributed by atoms with Crippen LogP contribution < -0.4 is 4.90 Å². The van der Waals surface area contributed by atoms with Crippen molar-refractivity contribution in [2.24, 2.45) is 0 Å². The fourth-order valence-electron chi connectivity index (χ4n) is 4.23. The Labute approximate surface area is 219 Å². The smallest absolute Gasteiger partial charge is 0.294 e. The summed E-state index contributed by atoms with van der Waals surface area (Å²) >= 11 is 0. The molecule has 0 aliphatic heterocycles. The zero-order valence-electron chi connectivity index (χ0n) is 20.8. The maximum absolute atomic E-state index is 11.5. The SMILES string of the molecule is C=CC/C=C(\C)C(c1ccc(N(CC)Cc2cccc(S(=O)(=O)O)c2)cc1)c1ccc(S(=O)(=O)O)cc1. The molecule has 3 rings (SSSR count). The fraction of sp³-hybridized carbons (Fsp3) is 0.214. The van der Waals surface area contributed by atoms with Crippen molar-refractivity contribution in [3.8, 4) is 0 Å². The predicted octanol–water partition coefficient (Wildman–Crippen LogP) is 5.86. The standard InChI is InChI=1S/C28H31NO6S2/c1-4-6-8-21(3)28(24-13-17-26(18-14-24)36(30,31)32)23-11-15-25(16-12-23)29(5-2)20-22-9-7-10-27(19-22)37(33,34)35/h4,7-19,28H,1,5-6,20H2,2-3H3,(H,30,31,32)(H,33,34,35)/b21-8+. The molecule has 0 aromatic heterocycles. The molecule has 0 spiro atoms. The Kier molecular flexibility index (Phi) is 9.09. The Morgan fingerprint density at radius 2 is 1.46 bits per heavy atom. The third-order valence-electron chi connectivity index (χ3n) is 6.12. The first kappa shape index (κ1) is 28.3. The molecule has 0 aliphatic carbocycles. The van der Waals surface area contributed by atoms with Gasteiger partial charge in [-0.05, 0) is 73.4 Å². The van der Waals surface area contributed by atoms with E-state index in [1.807, 2.05) is 44.2 Å². The van der Waals surface area contributed by atoms with Crippen LogP contribution in [-0.4, -0.2) is 32.5 Å². The summed E-state index contributed by atoms with van der Waals surface area (Å²) in [4.78, 5) is 1.79. The molecule has 0 radical (unpaired) electrons. The van der Waals surface area contributed by atoms with E-state index in [4.69, 9.17) is 0 Å². The van der Waals surface area contributed by atoms with Crippen molar-refractivity contribution in [2.75, 3.05) is 11.4 Å². The van der Waals surface area contributed by atoms with E-state index in [2.05, 4.69) is 17.6 Å². The highest BCUT2D eigenvalue weighted by molar-refractivity contribution is 7.86. The van der Waals surface area contributed by atoms with E-state index < -0.39 is 20.2 Å². The lowest BCUT2D eigenvalue weighted by Gasteiger charge is -2.25. The van der Waals surface area contributed by atoms with E-state index >= 15 is 0 Å². The third-order valence-corrected chi connectivity index (χ3v) is 7.83. The van der Waals surface area contributed by atoms with E-state index in [0.29, 0.717) is 19.5 Å². The molecule has 2 N–H and O–H groups in total. The number of anilines is 1. The maximum atomic E-state index is 11.5. The topological polar surface area (TPSA) is 112 Å². The Bertz CT molecular complexity index is 1480. The van der Waals surface area contributed by atoms with Gasteiger partial charge in [-0.2, -0.15) is 16.8 Å². The van der Waals surface area contributed by atoms with Crippen molar-refractivity contribution in [1.82, 2.24) is 0 Å². The third kappa shape index (κ3) is 7.39.